The second-order valence-corrected chi connectivity index (χ2v) is 22.2. The second-order valence-electron chi connectivity index (χ2n) is 18.3. The molecule has 0 bridgehead atoms. The molecule has 0 unspecified atom stereocenters. The van der Waals surface area contributed by atoms with Gasteiger partial charge in [-0.3, -0.25) is 4.79 Å². The number of amides is 1. The number of hydrogen-bond donors (Lipinski definition) is 2. The highest BCUT2D eigenvalue weighted by Gasteiger charge is 2.35. The summed E-state index contributed by atoms with van der Waals surface area (Å²) in [6.45, 7) is 19.5. The average Bonchev–Trinajstić information content (AvgIpc) is 3.68. The molecule has 11 nitrogen and oxygen atoms in total. The summed E-state index contributed by atoms with van der Waals surface area (Å²) in [6, 6.07) is 6.82. The van der Waals surface area contributed by atoms with E-state index in [2.05, 4.69) is 63.3 Å². The van der Waals surface area contributed by atoms with Crippen LogP contribution in [0.25, 0.3) is 0 Å². The predicted octanol–water partition coefficient (Wildman–Crippen LogP) is 10.6. The number of hydrogen-bond acceptors (Lipinski definition) is 10. The fourth-order valence-corrected chi connectivity index (χ4v) is 6.72. The maximum atomic E-state index is 11.5. The van der Waals surface area contributed by atoms with E-state index in [4.69, 9.17) is 23.1 Å². The molecule has 1 aliphatic rings. The summed E-state index contributed by atoms with van der Waals surface area (Å²) in [5.74, 6) is 0.0270. The fraction of sp³-hybridized carbons (Fsp3) is 0.776. The van der Waals surface area contributed by atoms with Crippen molar-refractivity contribution in [1.82, 2.24) is 5.32 Å². The zero-order valence-corrected chi connectivity index (χ0v) is 41.4. The van der Waals surface area contributed by atoms with E-state index in [-0.39, 0.29) is 16.1 Å². The van der Waals surface area contributed by atoms with Crippen LogP contribution in [0.2, 0.25) is 0 Å². The molecule has 1 heterocycles. The molecule has 1 aromatic carbocycles. The highest BCUT2D eigenvalue weighted by atomic mass is 32.3. The number of carbonyl (C=O) groups excluding carboxylic acids is 3. The first-order valence-electron chi connectivity index (χ1n) is 22.8. The lowest BCUT2D eigenvalue weighted by Crippen LogP contribution is -2.38. The summed E-state index contributed by atoms with van der Waals surface area (Å²) < 4.78 is 33.3. The molecule has 12 heteroatoms. The van der Waals surface area contributed by atoms with Crippen LogP contribution in [0.1, 0.15) is 164 Å². The minimum absolute atomic E-state index is 0.0417. The van der Waals surface area contributed by atoms with E-state index in [0.29, 0.717) is 45.2 Å². The van der Waals surface area contributed by atoms with E-state index in [1.54, 1.807) is 7.11 Å². The monoisotopic (exact) mass is 884 g/mol. The van der Waals surface area contributed by atoms with E-state index in [1.165, 1.54) is 52.1 Å². The minimum Gasteiger partial charge on any atom is -0.494 e. The van der Waals surface area contributed by atoms with Crippen molar-refractivity contribution in [2.24, 2.45) is 0 Å². The highest BCUT2D eigenvalue weighted by Crippen LogP contribution is 2.53. The Bertz CT molecular complexity index is 1300. The zero-order chi connectivity index (χ0) is 46.3. The van der Waals surface area contributed by atoms with Crippen LogP contribution in [0.4, 0.5) is 0 Å². The Hall–Kier alpha value is -2.48. The van der Waals surface area contributed by atoms with Crippen LogP contribution in [0, 0.1) is 0 Å². The molecular weight excluding hydrogens is 795 g/mol. The molecule has 1 amide bonds. The zero-order valence-electron chi connectivity index (χ0n) is 40.6. The number of methoxy groups -OCH3 is 2. The van der Waals surface area contributed by atoms with Crippen molar-refractivity contribution < 1.29 is 47.4 Å². The van der Waals surface area contributed by atoms with Gasteiger partial charge in [0, 0.05) is 44.0 Å². The first-order chi connectivity index (χ1) is 28.8. The number of allylic oxidation sites excluding steroid dienone is 1. The van der Waals surface area contributed by atoms with Crippen LogP contribution < -0.4 is 10.1 Å². The topological polar surface area (TPSA) is 139 Å². The predicted molar refractivity (Wildman–Crippen MR) is 253 cm³/mol. The summed E-state index contributed by atoms with van der Waals surface area (Å²) in [7, 11) is 1.76. The van der Waals surface area contributed by atoms with Crippen LogP contribution in [0.15, 0.2) is 36.4 Å². The molecule has 0 radical (unpaired) electrons. The van der Waals surface area contributed by atoms with E-state index in [1.807, 2.05) is 51.1 Å². The molecule has 2 N–H and O–H groups in total. The van der Waals surface area contributed by atoms with Crippen molar-refractivity contribution in [1.29, 1.82) is 0 Å². The van der Waals surface area contributed by atoms with Gasteiger partial charge in [0.2, 0.25) is 6.41 Å². The molecular formula is C49H89NO10S. The number of unbranched alkanes of at least 4 members (excludes halogenated alkanes) is 9. The molecule has 0 aromatic heterocycles. The van der Waals surface area contributed by atoms with Crippen molar-refractivity contribution in [2.45, 2.75) is 192 Å². The van der Waals surface area contributed by atoms with Gasteiger partial charge >= 0.3 is 5.97 Å². The quantitative estimate of drug-likeness (QED) is 0.0346. The summed E-state index contributed by atoms with van der Waals surface area (Å²) in [5, 5.41) is 13.1. The van der Waals surface area contributed by atoms with Crippen molar-refractivity contribution >= 4 is 29.0 Å². The number of esters is 1. The van der Waals surface area contributed by atoms with Crippen molar-refractivity contribution in [2.75, 3.05) is 53.2 Å². The maximum Gasteiger partial charge on any atom is 0.328 e. The van der Waals surface area contributed by atoms with Gasteiger partial charge in [-0.25, -0.2) is 4.79 Å². The largest absolute Gasteiger partial charge is 0.494 e. The third kappa shape index (κ3) is 28.0. The summed E-state index contributed by atoms with van der Waals surface area (Å²) >= 11 is 0. The highest BCUT2D eigenvalue weighted by molar-refractivity contribution is 8.29. The maximum absolute atomic E-state index is 11.5. The van der Waals surface area contributed by atoms with Gasteiger partial charge in [0.25, 0.3) is 0 Å². The molecule has 2 atom stereocenters. The average molecular weight is 884 g/mol. The summed E-state index contributed by atoms with van der Waals surface area (Å²) in [5.41, 5.74) is -0.367. The Labute approximate surface area is 373 Å². The van der Waals surface area contributed by atoms with Crippen LogP contribution in [0.5, 0.6) is 5.75 Å². The van der Waals surface area contributed by atoms with E-state index in [0.717, 1.165) is 69.5 Å². The molecule has 1 fully saturated rings. The van der Waals surface area contributed by atoms with Gasteiger partial charge in [-0.15, -0.1) is 10.3 Å². The van der Waals surface area contributed by atoms with Gasteiger partial charge in [-0.1, -0.05) is 104 Å². The number of aldehydes is 1. The van der Waals surface area contributed by atoms with E-state index in [9.17, 15) is 19.5 Å². The van der Waals surface area contributed by atoms with Gasteiger partial charge in [-0.2, -0.15) is 0 Å². The number of ether oxygens (including phenoxy) is 5. The second kappa shape index (κ2) is 32.2. The number of benzene rings is 1. The lowest BCUT2D eigenvalue weighted by molar-refractivity contribution is -0.168. The Balaban J connectivity index is 0.00000115. The number of nitrogens with one attached hydrogen (secondary N) is 1. The number of carbonyl (C=O) groups is 3. The third-order valence-electron chi connectivity index (χ3n) is 10.9. The SMILES string of the molecule is CCCCCCCC1(CCCCCC/C=C/C[C@](O)(C=O)CCOS(C)(C)C(C)(C)C)OCCO1.CCCCOc1ccc(C[C@H](NC=O)C(=O)OC)cc1.COC(C)(C)C. The smallest absolute Gasteiger partial charge is 0.328 e. The summed E-state index contributed by atoms with van der Waals surface area (Å²) in [6.07, 6.45) is 26.7. The van der Waals surface area contributed by atoms with E-state index < -0.39 is 27.9 Å². The van der Waals surface area contributed by atoms with Gasteiger partial charge < -0.3 is 43.1 Å². The van der Waals surface area contributed by atoms with Gasteiger partial charge in [0.15, 0.2) is 12.1 Å². The van der Waals surface area contributed by atoms with Crippen LogP contribution in [0.3, 0.4) is 0 Å². The van der Waals surface area contributed by atoms with Crippen LogP contribution in [-0.4, -0.2) is 105 Å². The first-order valence-corrected chi connectivity index (χ1v) is 25.2. The van der Waals surface area contributed by atoms with Crippen molar-refractivity contribution in [3.63, 3.8) is 0 Å². The molecule has 0 saturated carbocycles. The molecule has 61 heavy (non-hydrogen) atoms. The normalized spacial score (nSPS) is 15.7. The molecule has 356 valence electrons. The number of aliphatic hydroxyl groups is 1. The van der Waals surface area contributed by atoms with Crippen LogP contribution >= 0.6 is 10.3 Å². The number of rotatable bonds is 29. The lowest BCUT2D eigenvalue weighted by atomic mass is 9.97. The minimum atomic E-state index is -1.34. The Morgan fingerprint density at radius 1 is 0.836 bits per heavy atom. The van der Waals surface area contributed by atoms with Crippen LogP contribution in [-0.2, 0) is 43.9 Å². The van der Waals surface area contributed by atoms with Gasteiger partial charge in [-0.05, 0) is 83.1 Å². The lowest BCUT2D eigenvalue weighted by Gasteiger charge is -2.44. The third-order valence-corrected chi connectivity index (χ3v) is 14.6. The molecule has 2 rings (SSSR count). The Morgan fingerprint density at radius 2 is 1.39 bits per heavy atom. The summed E-state index contributed by atoms with van der Waals surface area (Å²) in [4.78, 5) is 33.5. The molecule has 1 aliphatic heterocycles. The Morgan fingerprint density at radius 3 is 1.89 bits per heavy atom. The Kier molecular flexibility index (Phi) is 30.9. The molecule has 0 aliphatic carbocycles. The van der Waals surface area contributed by atoms with Crippen molar-refractivity contribution in [3.05, 3.63) is 42.0 Å². The fourth-order valence-electron chi connectivity index (χ4n) is 5.86. The van der Waals surface area contributed by atoms with E-state index >= 15 is 0 Å². The molecule has 1 saturated heterocycles. The molecule has 0 spiro atoms. The van der Waals surface area contributed by atoms with Gasteiger partial charge in [0.05, 0.1) is 39.1 Å². The van der Waals surface area contributed by atoms with Gasteiger partial charge in [0.1, 0.15) is 17.4 Å². The molecule has 1 aromatic rings. The first kappa shape index (κ1) is 58.5. The standard InChI is InChI=1S/C29H56O5S.C15H21NO4.C5H12O/c1-7-8-9-13-17-20-29(32-24-25-33-29)21-18-15-12-10-11-14-16-19-28(31,26-30)22-23-34-35(5,6)27(2,3)4;1-3-4-9-20-13-7-5-12(6-8-13)10-14(16-11-17)15(18)19-2;1-5(2,3)6-4/h14,16,26,31H,7-13,15,17-25H2,1-6H3;5-8,11,14H,3-4,9-10H2,1-2H3,(H,16,17);1-4H3/b16-14+;;/t28-;14-;/m10./s1. The van der Waals surface area contributed by atoms with Crippen molar-refractivity contribution in [3.8, 4) is 5.75 Å².